The molecule has 0 atom stereocenters. The fraction of sp³-hybridized carbons (Fsp3) is 0.0233. The third-order valence-corrected chi connectivity index (χ3v) is 32.2. The average Bonchev–Trinajstić information content (AvgIpc) is 1.53. The van der Waals surface area contributed by atoms with Crippen molar-refractivity contribution in [2.45, 2.75) is 19.3 Å². The molecular formula is C129H80N10OS3. The molecule has 0 saturated carbocycles. The first kappa shape index (κ1) is 82.2. The molecule has 0 spiro atoms. The van der Waals surface area contributed by atoms with E-state index in [1.807, 2.05) is 66.7 Å². The molecule has 0 amide bonds. The Hall–Kier alpha value is -17.9. The Balaban J connectivity index is 0.000000102. The van der Waals surface area contributed by atoms with Gasteiger partial charge in [0, 0.05) is 156 Å². The summed E-state index contributed by atoms with van der Waals surface area (Å²) in [6.07, 6.45) is 0. The normalized spacial score (nSPS) is 12.5. The van der Waals surface area contributed by atoms with Gasteiger partial charge < -0.3 is 22.7 Å². The molecule has 0 fully saturated rings. The molecule has 143 heavy (non-hydrogen) atoms. The highest BCUT2D eigenvalue weighted by Crippen LogP contribution is 2.54. The molecule has 1 aliphatic carbocycles. The maximum absolute atomic E-state index is 6.33. The number of rotatable bonds is 10. The molecule has 0 unspecified atom stereocenters. The molecule has 0 bridgehead atoms. The fourth-order valence-electron chi connectivity index (χ4n) is 22.5. The molecule has 11 aromatic heterocycles. The Bertz CT molecular complexity index is 10500. The van der Waals surface area contributed by atoms with Gasteiger partial charge in [0.05, 0.1) is 66.9 Å². The molecule has 31 rings (SSSR count). The molecule has 0 aliphatic heterocycles. The van der Waals surface area contributed by atoms with Crippen molar-refractivity contribution >= 4 is 204 Å². The van der Waals surface area contributed by atoms with Gasteiger partial charge in [-0.1, -0.05) is 335 Å². The summed E-state index contributed by atoms with van der Waals surface area (Å²) in [6, 6.07) is 160. The quantitative estimate of drug-likeness (QED) is 0.134. The van der Waals surface area contributed by atoms with E-state index in [1.54, 1.807) is 34.0 Å². The van der Waals surface area contributed by atoms with Crippen LogP contribution in [0.3, 0.4) is 0 Å². The summed E-state index contributed by atoms with van der Waals surface area (Å²) in [5.74, 6) is 2.22. The van der Waals surface area contributed by atoms with E-state index in [-0.39, 0.29) is 5.41 Å². The highest BCUT2D eigenvalue weighted by Gasteiger charge is 2.37. The number of furan rings is 1. The highest BCUT2D eigenvalue weighted by molar-refractivity contribution is 7.26. The second-order valence-corrected chi connectivity index (χ2v) is 40.5. The molecule has 11 heterocycles. The van der Waals surface area contributed by atoms with Crippen LogP contribution < -0.4 is 0 Å². The average molecular weight is 1880 g/mol. The molecule has 14 heteroatoms. The lowest BCUT2D eigenvalue weighted by Crippen LogP contribution is -2.14. The van der Waals surface area contributed by atoms with Crippen LogP contribution in [0, 0.1) is 0 Å². The third-order valence-electron chi connectivity index (χ3n) is 29.0. The molecule has 0 N–H and O–H groups in total. The molecule has 30 aromatic rings. The number of fused-ring (bicyclic) bond motifs is 27. The number of para-hydroxylation sites is 7. The van der Waals surface area contributed by atoms with Crippen molar-refractivity contribution in [2.24, 2.45) is 0 Å². The van der Waals surface area contributed by atoms with Crippen molar-refractivity contribution < 1.29 is 4.42 Å². The minimum absolute atomic E-state index is 0.0542. The van der Waals surface area contributed by atoms with Crippen LogP contribution in [-0.4, -0.2) is 48.2 Å². The molecular weight excluding hydrogens is 1800 g/mol. The molecule has 1 aliphatic rings. The fourth-order valence-corrected chi connectivity index (χ4v) is 25.8. The van der Waals surface area contributed by atoms with E-state index >= 15 is 0 Å². The van der Waals surface area contributed by atoms with Crippen LogP contribution in [0.2, 0.25) is 0 Å². The van der Waals surface area contributed by atoms with Crippen LogP contribution in [-0.2, 0) is 5.41 Å². The van der Waals surface area contributed by atoms with Crippen molar-refractivity contribution in [1.29, 1.82) is 0 Å². The summed E-state index contributed by atoms with van der Waals surface area (Å²) in [6.45, 7) is 4.71. The van der Waals surface area contributed by atoms with Gasteiger partial charge in [-0.25, -0.2) is 29.9 Å². The van der Waals surface area contributed by atoms with Crippen LogP contribution >= 0.6 is 34.0 Å². The van der Waals surface area contributed by atoms with Crippen molar-refractivity contribution in [3.63, 3.8) is 0 Å². The van der Waals surface area contributed by atoms with Gasteiger partial charge >= 0.3 is 0 Å². The number of hydrogen-bond acceptors (Lipinski definition) is 10. The van der Waals surface area contributed by atoms with Crippen LogP contribution in [0.5, 0.6) is 0 Å². The maximum atomic E-state index is 6.33. The van der Waals surface area contributed by atoms with Crippen molar-refractivity contribution in [3.8, 4) is 102 Å². The van der Waals surface area contributed by atoms with E-state index in [9.17, 15) is 0 Å². The van der Waals surface area contributed by atoms with Gasteiger partial charge in [-0.2, -0.15) is 0 Å². The second kappa shape index (κ2) is 32.6. The number of nitrogens with zero attached hydrogens (tertiary/aromatic N) is 10. The van der Waals surface area contributed by atoms with E-state index in [0.717, 1.165) is 160 Å². The van der Waals surface area contributed by atoms with E-state index in [2.05, 4.69) is 414 Å². The first-order valence-electron chi connectivity index (χ1n) is 48.3. The van der Waals surface area contributed by atoms with Gasteiger partial charge in [0.2, 0.25) is 0 Å². The van der Waals surface area contributed by atoms with Gasteiger partial charge in [0.25, 0.3) is 0 Å². The third kappa shape index (κ3) is 13.1. The summed E-state index contributed by atoms with van der Waals surface area (Å²) in [5, 5.41) is 18.9. The van der Waals surface area contributed by atoms with E-state index in [0.29, 0.717) is 0 Å². The Kier molecular flexibility index (Phi) is 18.7. The summed E-state index contributed by atoms with van der Waals surface area (Å²) in [5.41, 5.74) is 30.2. The van der Waals surface area contributed by atoms with Crippen LogP contribution in [0.25, 0.3) is 272 Å². The van der Waals surface area contributed by atoms with Gasteiger partial charge in [0.15, 0.2) is 17.5 Å². The topological polar surface area (TPSA) is 110 Å². The summed E-state index contributed by atoms with van der Waals surface area (Å²) < 4.78 is 19.6. The summed E-state index contributed by atoms with van der Waals surface area (Å²) in [7, 11) is 0. The first-order valence-corrected chi connectivity index (χ1v) is 50.7. The van der Waals surface area contributed by atoms with Gasteiger partial charge in [0.1, 0.15) is 25.7 Å². The molecule has 670 valence electrons. The molecule has 11 nitrogen and oxygen atoms in total. The zero-order chi connectivity index (χ0) is 94.2. The first-order chi connectivity index (χ1) is 70.7. The van der Waals surface area contributed by atoms with Crippen molar-refractivity contribution in [1.82, 2.24) is 48.2 Å². The standard InChI is InChI=1S/C46H28N4S.C43H29N3S.C40H23N3OS/c1-3-14-29(15-4-1)45-47-44(43-35-22-9-12-25-42(35)51-46(43)48-45)30-16-13-19-32(26-30)50-39-24-11-8-21-34(39)37-27-40-36(28-41(37)50)33-20-7-10-23-38(33)49(40)31-17-5-2-6-18-31;1-43(2)34-20-9-6-17-29(34)32-25-37-33(24-35(32)43)30-18-7-10-21-36(30)46(37)28-16-12-15-27(23-28)40-39-31-19-8-11-22-38(31)47-42(39)45-41(44-40)26-13-4-3-5-14-26;1-2-12-24(13-3-1)39-41-38(37-28-17-7-11-21-36(28)45-40(37)42-39)27-16-5-9-19-32(27)43-31-18-8-4-14-25(31)29-23-35-30(22-33(29)43)26-15-6-10-20-34(26)44-35/h1-28H;3-25H,1-2H3;1-23H. The minimum Gasteiger partial charge on any atom is -0.456 e. The van der Waals surface area contributed by atoms with Crippen LogP contribution in [0.15, 0.2) is 453 Å². The Labute approximate surface area is 831 Å². The SMILES string of the molecule is CC1(C)c2ccccc2-c2cc3c(cc21)c1ccccc1n3-c1cccc(-c2nc(-c3ccccc3)nc3sc4ccccc4c23)c1.c1ccc(-c2nc(-c3cccc(-n4c5ccccc5c5cc6c(cc54)c4ccccc4n6-c4ccccc4)c3)c3c(n2)sc2ccccc23)cc1.c1ccc(-c2nc(-c3ccccc3-n3c4ccccc4c4cc5oc6ccccc6c5cc43)c3c(n2)sc2ccccc23)cc1. The molecule has 0 saturated heterocycles. The second-order valence-electron chi connectivity index (χ2n) is 37.4. The Morgan fingerprint density at radius 1 is 0.210 bits per heavy atom. The predicted molar refractivity (Wildman–Crippen MR) is 600 cm³/mol. The van der Waals surface area contributed by atoms with Gasteiger partial charge in [-0.15, -0.1) is 34.0 Å². The smallest absolute Gasteiger partial charge is 0.161 e. The number of benzene rings is 19. The lowest BCUT2D eigenvalue weighted by molar-refractivity contribution is 0.661. The molecule has 0 radical (unpaired) electrons. The number of thiophene rings is 3. The Morgan fingerprint density at radius 3 is 1.05 bits per heavy atom. The monoisotopic (exact) mass is 1880 g/mol. The van der Waals surface area contributed by atoms with Gasteiger partial charge in [-0.3, -0.25) is 0 Å². The van der Waals surface area contributed by atoms with E-state index in [1.165, 1.54) is 123 Å². The summed E-state index contributed by atoms with van der Waals surface area (Å²) >= 11 is 5.19. The largest absolute Gasteiger partial charge is 0.456 e. The van der Waals surface area contributed by atoms with Crippen molar-refractivity contribution in [2.75, 3.05) is 0 Å². The lowest BCUT2D eigenvalue weighted by atomic mass is 9.82. The van der Waals surface area contributed by atoms with E-state index < -0.39 is 0 Å². The maximum Gasteiger partial charge on any atom is 0.161 e. The number of aromatic nitrogens is 10. The number of hydrogen-bond donors (Lipinski definition) is 0. The van der Waals surface area contributed by atoms with Crippen LogP contribution in [0.1, 0.15) is 25.0 Å². The minimum atomic E-state index is -0.0542. The predicted octanol–water partition coefficient (Wildman–Crippen LogP) is 35.1. The summed E-state index contributed by atoms with van der Waals surface area (Å²) in [4.78, 5) is 34.2. The van der Waals surface area contributed by atoms with E-state index in [4.69, 9.17) is 34.3 Å². The van der Waals surface area contributed by atoms with Crippen molar-refractivity contribution in [3.05, 3.63) is 460 Å². The Morgan fingerprint density at radius 2 is 0.552 bits per heavy atom. The van der Waals surface area contributed by atoms with Gasteiger partial charge in [-0.05, 0) is 150 Å². The van der Waals surface area contributed by atoms with Crippen LogP contribution in [0.4, 0.5) is 0 Å². The lowest BCUT2D eigenvalue weighted by Gasteiger charge is -2.21. The molecule has 19 aromatic carbocycles. The highest BCUT2D eigenvalue weighted by atomic mass is 32.1. The zero-order valence-corrected chi connectivity index (χ0v) is 79.8. The zero-order valence-electron chi connectivity index (χ0n) is 77.3.